The van der Waals surface area contributed by atoms with Gasteiger partial charge in [0.05, 0.1) is 5.92 Å². The molecule has 4 nitrogen and oxygen atoms in total. The van der Waals surface area contributed by atoms with Crippen molar-refractivity contribution in [2.45, 2.75) is 11.3 Å². The van der Waals surface area contributed by atoms with Gasteiger partial charge in [-0.25, -0.2) is 0 Å². The largest absolute Gasteiger partial charge is 0.295 e. The summed E-state index contributed by atoms with van der Waals surface area (Å²) >= 11 is 6.01. The highest BCUT2D eigenvalue weighted by Crippen LogP contribution is 2.33. The molecule has 5 heteroatoms. The molecular formula is C13H9ClN2O2. The second-order valence-electron chi connectivity index (χ2n) is 4.18. The number of fused-ring (bicyclic) bond motifs is 1. The maximum absolute atomic E-state index is 11.8. The van der Waals surface area contributed by atoms with Crippen LogP contribution in [0.25, 0.3) is 10.8 Å². The van der Waals surface area contributed by atoms with Gasteiger partial charge in [0, 0.05) is 17.8 Å². The average molecular weight is 261 g/mol. The summed E-state index contributed by atoms with van der Waals surface area (Å²) in [6.45, 7) is 0. The fraction of sp³-hybridized carbons (Fsp3) is 0.154. The number of carbonyl (C=O) groups is 2. The molecule has 0 bridgehead atoms. The van der Waals surface area contributed by atoms with Gasteiger partial charge in [0.1, 0.15) is 5.38 Å². The predicted molar refractivity (Wildman–Crippen MR) is 67.3 cm³/mol. The minimum atomic E-state index is -0.851. The van der Waals surface area contributed by atoms with Gasteiger partial charge >= 0.3 is 0 Å². The van der Waals surface area contributed by atoms with Crippen LogP contribution in [0.15, 0.2) is 36.7 Å². The second kappa shape index (κ2) is 4.07. The van der Waals surface area contributed by atoms with Gasteiger partial charge in [-0.3, -0.25) is 19.9 Å². The molecule has 0 spiro atoms. The molecule has 0 saturated carbocycles. The third-order valence-corrected chi connectivity index (χ3v) is 3.57. The number of carbonyl (C=O) groups excluding carboxylic acids is 2. The normalized spacial score (nSPS) is 23.4. The van der Waals surface area contributed by atoms with Gasteiger partial charge in [0.15, 0.2) is 0 Å². The maximum atomic E-state index is 11.8. The van der Waals surface area contributed by atoms with Gasteiger partial charge in [-0.05, 0) is 17.0 Å². The summed E-state index contributed by atoms with van der Waals surface area (Å²) in [6, 6.07) is 7.38. The number of imide groups is 1. The molecule has 90 valence electrons. The van der Waals surface area contributed by atoms with Crippen LogP contribution in [0.5, 0.6) is 0 Å². The molecular weight excluding hydrogens is 252 g/mol. The fourth-order valence-electron chi connectivity index (χ4n) is 2.27. The highest BCUT2D eigenvalue weighted by Gasteiger charge is 2.41. The van der Waals surface area contributed by atoms with Gasteiger partial charge in [0.25, 0.3) is 0 Å². The van der Waals surface area contributed by atoms with Gasteiger partial charge in [-0.15, -0.1) is 11.6 Å². The number of nitrogens with zero attached hydrogens (tertiary/aromatic N) is 1. The Bertz CT molecular complexity index is 651. The molecule has 1 fully saturated rings. The first-order valence-corrected chi connectivity index (χ1v) is 5.93. The molecule has 1 aromatic heterocycles. The molecule has 1 N–H and O–H groups in total. The highest BCUT2D eigenvalue weighted by molar-refractivity contribution is 6.37. The second-order valence-corrected chi connectivity index (χ2v) is 4.65. The summed E-state index contributed by atoms with van der Waals surface area (Å²) in [5.41, 5.74) is 0.762. The summed E-state index contributed by atoms with van der Waals surface area (Å²) in [5.74, 6) is -1.41. The van der Waals surface area contributed by atoms with Crippen LogP contribution in [-0.2, 0) is 9.59 Å². The number of hydrogen-bond donors (Lipinski definition) is 1. The molecule has 1 aliphatic heterocycles. The lowest BCUT2D eigenvalue weighted by Crippen LogP contribution is -2.22. The van der Waals surface area contributed by atoms with Gasteiger partial charge in [0.2, 0.25) is 11.8 Å². The number of hydrogen-bond acceptors (Lipinski definition) is 3. The Morgan fingerprint density at radius 1 is 1.17 bits per heavy atom. The Balaban J connectivity index is 2.20. The van der Waals surface area contributed by atoms with Crippen LogP contribution in [0.1, 0.15) is 11.5 Å². The highest BCUT2D eigenvalue weighted by atomic mass is 35.5. The van der Waals surface area contributed by atoms with E-state index in [-0.39, 0.29) is 5.91 Å². The molecule has 2 aromatic rings. The number of pyridine rings is 1. The molecule has 2 unspecified atom stereocenters. The molecule has 18 heavy (non-hydrogen) atoms. The summed E-state index contributed by atoms with van der Waals surface area (Å²) in [5, 5.41) is 3.22. The summed E-state index contributed by atoms with van der Waals surface area (Å²) < 4.78 is 0. The van der Waals surface area contributed by atoms with Crippen molar-refractivity contribution in [3.05, 3.63) is 42.2 Å². The molecule has 2 atom stereocenters. The van der Waals surface area contributed by atoms with E-state index in [0.29, 0.717) is 0 Å². The molecule has 1 aliphatic rings. The van der Waals surface area contributed by atoms with E-state index < -0.39 is 17.2 Å². The Labute approximate surface area is 108 Å². The van der Waals surface area contributed by atoms with Crippen molar-refractivity contribution in [3.63, 3.8) is 0 Å². The van der Waals surface area contributed by atoms with E-state index in [9.17, 15) is 9.59 Å². The molecule has 2 amide bonds. The Morgan fingerprint density at radius 3 is 2.72 bits per heavy atom. The van der Waals surface area contributed by atoms with E-state index in [1.54, 1.807) is 12.4 Å². The SMILES string of the molecule is O=C1NC(=O)C(c2cccc3cnccc23)C1Cl. The summed E-state index contributed by atoms with van der Waals surface area (Å²) in [4.78, 5) is 27.3. The first-order chi connectivity index (χ1) is 8.68. The molecule has 0 aliphatic carbocycles. The van der Waals surface area contributed by atoms with Crippen molar-refractivity contribution in [2.24, 2.45) is 0 Å². The Hall–Kier alpha value is -1.94. The number of aromatic nitrogens is 1. The van der Waals surface area contributed by atoms with Crippen molar-refractivity contribution < 1.29 is 9.59 Å². The Morgan fingerprint density at radius 2 is 2.00 bits per heavy atom. The number of halogens is 1. The molecule has 1 saturated heterocycles. The van der Waals surface area contributed by atoms with Crippen molar-refractivity contribution in [1.82, 2.24) is 10.3 Å². The quantitative estimate of drug-likeness (QED) is 0.626. The van der Waals surface area contributed by atoms with Crippen LogP contribution in [0.2, 0.25) is 0 Å². The summed E-state index contributed by atoms with van der Waals surface area (Å²) in [6.07, 6.45) is 3.38. The topological polar surface area (TPSA) is 59.1 Å². The third-order valence-electron chi connectivity index (χ3n) is 3.12. The van der Waals surface area contributed by atoms with Crippen LogP contribution in [0.4, 0.5) is 0 Å². The van der Waals surface area contributed by atoms with E-state index in [0.717, 1.165) is 16.3 Å². The van der Waals surface area contributed by atoms with Crippen molar-refractivity contribution in [1.29, 1.82) is 0 Å². The van der Waals surface area contributed by atoms with E-state index in [1.807, 2.05) is 24.3 Å². The lowest BCUT2D eigenvalue weighted by Gasteiger charge is -2.12. The Kier molecular flexibility index (Phi) is 2.52. The summed E-state index contributed by atoms with van der Waals surface area (Å²) in [7, 11) is 0. The first kappa shape index (κ1) is 11.2. The lowest BCUT2D eigenvalue weighted by molar-refractivity contribution is -0.125. The standard InChI is InChI=1S/C13H9ClN2O2/c14-11-10(12(17)16-13(11)18)9-3-1-2-7-6-15-5-4-8(7)9/h1-6,10-11H,(H,16,17,18). The number of rotatable bonds is 1. The first-order valence-electron chi connectivity index (χ1n) is 5.50. The number of amides is 2. The van der Waals surface area contributed by atoms with E-state index >= 15 is 0 Å². The molecule has 0 radical (unpaired) electrons. The minimum absolute atomic E-state index is 0.343. The molecule has 1 aromatic carbocycles. The smallest absolute Gasteiger partial charge is 0.245 e. The van der Waals surface area contributed by atoms with Gasteiger partial charge < -0.3 is 0 Å². The average Bonchev–Trinajstić information content (AvgIpc) is 2.63. The van der Waals surface area contributed by atoms with E-state index in [1.165, 1.54) is 0 Å². The van der Waals surface area contributed by atoms with Gasteiger partial charge in [-0.1, -0.05) is 18.2 Å². The van der Waals surface area contributed by atoms with Crippen LogP contribution in [-0.4, -0.2) is 22.2 Å². The fourth-order valence-corrected chi connectivity index (χ4v) is 2.57. The van der Waals surface area contributed by atoms with Crippen LogP contribution in [0.3, 0.4) is 0 Å². The van der Waals surface area contributed by atoms with Crippen molar-refractivity contribution in [3.8, 4) is 0 Å². The third kappa shape index (κ3) is 1.57. The number of nitrogens with one attached hydrogen (secondary N) is 1. The lowest BCUT2D eigenvalue weighted by atomic mass is 9.93. The number of benzene rings is 1. The predicted octanol–water partition coefficient (Wildman–Crippen LogP) is 1.58. The van der Waals surface area contributed by atoms with Gasteiger partial charge in [-0.2, -0.15) is 0 Å². The van der Waals surface area contributed by atoms with E-state index in [2.05, 4.69) is 10.3 Å². The van der Waals surface area contributed by atoms with Crippen molar-refractivity contribution >= 4 is 34.2 Å². The molecule has 2 heterocycles. The zero-order chi connectivity index (χ0) is 12.7. The zero-order valence-electron chi connectivity index (χ0n) is 9.26. The zero-order valence-corrected chi connectivity index (χ0v) is 10.0. The monoisotopic (exact) mass is 260 g/mol. The number of alkyl halides is 1. The minimum Gasteiger partial charge on any atom is -0.295 e. The van der Waals surface area contributed by atoms with Crippen molar-refractivity contribution in [2.75, 3.05) is 0 Å². The molecule has 3 rings (SSSR count). The van der Waals surface area contributed by atoms with Crippen LogP contribution in [0, 0.1) is 0 Å². The van der Waals surface area contributed by atoms with Crippen LogP contribution >= 0.6 is 11.6 Å². The van der Waals surface area contributed by atoms with Crippen LogP contribution < -0.4 is 5.32 Å². The van der Waals surface area contributed by atoms with E-state index in [4.69, 9.17) is 11.6 Å². The maximum Gasteiger partial charge on any atom is 0.245 e.